The summed E-state index contributed by atoms with van der Waals surface area (Å²) in [6.07, 6.45) is 4.05. The molecule has 0 saturated carbocycles. The minimum atomic E-state index is -0.0383. The van der Waals surface area contributed by atoms with Crippen LogP contribution in [0.25, 0.3) is 6.08 Å². The van der Waals surface area contributed by atoms with Crippen LogP contribution in [0.4, 0.5) is 5.69 Å². The summed E-state index contributed by atoms with van der Waals surface area (Å²) in [6, 6.07) is 23.9. The molecule has 0 aromatic heterocycles. The Morgan fingerprint density at radius 3 is 2.52 bits per heavy atom. The van der Waals surface area contributed by atoms with Crippen molar-refractivity contribution < 1.29 is 9.59 Å². The van der Waals surface area contributed by atoms with E-state index in [1.165, 1.54) is 11.8 Å². The van der Waals surface area contributed by atoms with Crippen LogP contribution in [0, 0.1) is 6.92 Å². The van der Waals surface area contributed by atoms with Crippen LogP contribution in [-0.2, 0) is 11.3 Å². The molecule has 5 heteroatoms. The molecule has 4 nitrogen and oxygen atoms in total. The zero-order chi connectivity index (χ0) is 22.8. The Balaban J connectivity index is 1.55. The number of hydrogen-bond acceptors (Lipinski definition) is 3. The standard InChI is InChI=1S/C28H26N2O2S/c1-20-8-7-11-22(16-20)19-30-24-18-23(27(31)29-14-5-6-15-29)12-13-25(24)33-26(28(30)32)17-21-9-3-2-4-10-21/h2-4,7-13,16-18H,5-6,14-15,19H2,1H3/b26-17-. The van der Waals surface area contributed by atoms with Crippen molar-refractivity contribution in [2.45, 2.75) is 31.2 Å². The van der Waals surface area contributed by atoms with Crippen molar-refractivity contribution in [3.05, 3.63) is 100.0 Å². The first kappa shape index (κ1) is 21.5. The average molecular weight is 455 g/mol. The third-order valence-corrected chi connectivity index (χ3v) is 7.16. The zero-order valence-corrected chi connectivity index (χ0v) is 19.5. The lowest BCUT2D eigenvalue weighted by molar-refractivity contribution is -0.114. The van der Waals surface area contributed by atoms with Gasteiger partial charge in [-0.05, 0) is 55.2 Å². The second-order valence-corrected chi connectivity index (χ2v) is 9.67. The maximum atomic E-state index is 13.7. The predicted molar refractivity (Wildman–Crippen MR) is 134 cm³/mol. The molecular weight excluding hydrogens is 428 g/mol. The lowest BCUT2D eigenvalue weighted by Gasteiger charge is -2.31. The molecule has 0 spiro atoms. The van der Waals surface area contributed by atoms with Gasteiger partial charge in [0.2, 0.25) is 0 Å². The number of carbonyl (C=O) groups is 2. The second kappa shape index (κ2) is 9.28. The van der Waals surface area contributed by atoms with Crippen molar-refractivity contribution in [3.63, 3.8) is 0 Å². The van der Waals surface area contributed by atoms with Gasteiger partial charge in [-0.25, -0.2) is 0 Å². The Kier molecular flexibility index (Phi) is 6.05. The third-order valence-electron chi connectivity index (χ3n) is 6.09. The fourth-order valence-electron chi connectivity index (χ4n) is 4.40. The number of nitrogens with zero attached hydrogens (tertiary/aromatic N) is 2. The summed E-state index contributed by atoms with van der Waals surface area (Å²) in [7, 11) is 0. The van der Waals surface area contributed by atoms with E-state index in [9.17, 15) is 9.59 Å². The van der Waals surface area contributed by atoms with Gasteiger partial charge < -0.3 is 9.80 Å². The number of carbonyl (C=O) groups excluding carboxylic acids is 2. The van der Waals surface area contributed by atoms with E-state index < -0.39 is 0 Å². The molecule has 33 heavy (non-hydrogen) atoms. The van der Waals surface area contributed by atoms with Gasteiger partial charge in [-0.2, -0.15) is 0 Å². The Morgan fingerprint density at radius 1 is 0.970 bits per heavy atom. The molecule has 166 valence electrons. The molecule has 0 atom stereocenters. The van der Waals surface area contributed by atoms with E-state index >= 15 is 0 Å². The highest BCUT2D eigenvalue weighted by molar-refractivity contribution is 8.04. The third kappa shape index (κ3) is 4.60. The molecule has 5 rings (SSSR count). The van der Waals surface area contributed by atoms with Gasteiger partial charge in [0.1, 0.15) is 0 Å². The first-order valence-electron chi connectivity index (χ1n) is 11.3. The molecule has 2 aliphatic rings. The number of anilines is 1. The molecule has 2 heterocycles. The van der Waals surface area contributed by atoms with Crippen molar-refractivity contribution in [3.8, 4) is 0 Å². The lowest BCUT2D eigenvalue weighted by Crippen LogP contribution is -2.34. The average Bonchev–Trinajstić information content (AvgIpc) is 3.37. The number of benzene rings is 3. The van der Waals surface area contributed by atoms with E-state index in [1.54, 1.807) is 0 Å². The van der Waals surface area contributed by atoms with Crippen LogP contribution >= 0.6 is 11.8 Å². The normalized spacial score (nSPS) is 16.9. The highest BCUT2D eigenvalue weighted by Gasteiger charge is 2.31. The molecule has 1 saturated heterocycles. The van der Waals surface area contributed by atoms with E-state index in [-0.39, 0.29) is 11.8 Å². The van der Waals surface area contributed by atoms with Gasteiger partial charge in [0.05, 0.1) is 17.1 Å². The molecule has 2 aliphatic heterocycles. The summed E-state index contributed by atoms with van der Waals surface area (Å²) in [5.74, 6) is 0.0116. The van der Waals surface area contributed by atoms with Crippen molar-refractivity contribution in [1.29, 1.82) is 0 Å². The van der Waals surface area contributed by atoms with Crippen molar-refractivity contribution in [2.24, 2.45) is 0 Å². The summed E-state index contributed by atoms with van der Waals surface area (Å²) in [5, 5.41) is 0. The molecule has 0 N–H and O–H groups in total. The van der Waals surface area contributed by atoms with E-state index in [0.717, 1.165) is 53.2 Å². The van der Waals surface area contributed by atoms with Crippen molar-refractivity contribution in [2.75, 3.05) is 18.0 Å². The van der Waals surface area contributed by atoms with Gasteiger partial charge >= 0.3 is 0 Å². The minimum Gasteiger partial charge on any atom is -0.339 e. The zero-order valence-electron chi connectivity index (χ0n) is 18.7. The molecule has 0 unspecified atom stereocenters. The van der Waals surface area contributed by atoms with Crippen LogP contribution in [0.5, 0.6) is 0 Å². The molecule has 0 radical (unpaired) electrons. The van der Waals surface area contributed by atoms with Crippen LogP contribution < -0.4 is 4.90 Å². The van der Waals surface area contributed by atoms with Crippen molar-refractivity contribution in [1.82, 2.24) is 4.90 Å². The molecule has 3 aromatic rings. The number of likely N-dealkylation sites (tertiary alicyclic amines) is 1. The second-order valence-electron chi connectivity index (χ2n) is 8.58. The first-order valence-corrected chi connectivity index (χ1v) is 12.2. The van der Waals surface area contributed by atoms with Gasteiger partial charge in [-0.1, -0.05) is 71.9 Å². The molecule has 0 bridgehead atoms. The Labute approximate surface area is 198 Å². The topological polar surface area (TPSA) is 40.6 Å². The number of rotatable bonds is 4. The number of aryl methyl sites for hydroxylation is 1. The van der Waals surface area contributed by atoms with Gasteiger partial charge in [0.25, 0.3) is 11.8 Å². The van der Waals surface area contributed by atoms with Crippen LogP contribution in [-0.4, -0.2) is 29.8 Å². The Bertz CT molecular complexity index is 1230. The van der Waals surface area contributed by atoms with Crippen LogP contribution in [0.2, 0.25) is 0 Å². The first-order chi connectivity index (χ1) is 16.1. The van der Waals surface area contributed by atoms with Crippen molar-refractivity contribution >= 4 is 35.3 Å². The van der Waals surface area contributed by atoms with E-state index in [2.05, 4.69) is 19.1 Å². The highest BCUT2D eigenvalue weighted by atomic mass is 32.2. The summed E-state index contributed by atoms with van der Waals surface area (Å²) in [5.41, 5.74) is 4.67. The van der Waals surface area contributed by atoms with Gasteiger partial charge in [0, 0.05) is 23.5 Å². The van der Waals surface area contributed by atoms with E-state index in [1.807, 2.05) is 76.5 Å². The van der Waals surface area contributed by atoms with Crippen LogP contribution in [0.15, 0.2) is 82.6 Å². The minimum absolute atomic E-state index is 0.0383. The predicted octanol–water partition coefficient (Wildman–Crippen LogP) is 5.91. The summed E-state index contributed by atoms with van der Waals surface area (Å²) >= 11 is 1.48. The number of fused-ring (bicyclic) bond motifs is 1. The molecule has 1 fully saturated rings. The van der Waals surface area contributed by atoms with Gasteiger partial charge in [0.15, 0.2) is 0 Å². The molecule has 0 aliphatic carbocycles. The monoisotopic (exact) mass is 454 g/mol. The fraction of sp³-hybridized carbons (Fsp3) is 0.214. The Morgan fingerprint density at radius 2 is 1.76 bits per heavy atom. The van der Waals surface area contributed by atoms with Gasteiger partial charge in [-0.15, -0.1) is 0 Å². The summed E-state index contributed by atoms with van der Waals surface area (Å²) < 4.78 is 0. The number of hydrogen-bond donors (Lipinski definition) is 0. The SMILES string of the molecule is Cc1cccc(CN2C(=O)/C(=C/c3ccccc3)Sc3ccc(C(=O)N4CCCC4)cc32)c1. The number of amides is 2. The maximum Gasteiger partial charge on any atom is 0.265 e. The molecular formula is C28H26N2O2S. The largest absolute Gasteiger partial charge is 0.339 e. The fourth-order valence-corrected chi connectivity index (χ4v) is 5.44. The number of thioether (sulfide) groups is 1. The van der Waals surface area contributed by atoms with E-state index in [4.69, 9.17) is 0 Å². The lowest BCUT2D eigenvalue weighted by atomic mass is 10.1. The summed E-state index contributed by atoms with van der Waals surface area (Å²) in [4.78, 5) is 32.1. The van der Waals surface area contributed by atoms with Gasteiger partial charge in [-0.3, -0.25) is 9.59 Å². The Hall–Kier alpha value is -3.31. The molecule has 3 aromatic carbocycles. The quantitative estimate of drug-likeness (QED) is 0.460. The smallest absolute Gasteiger partial charge is 0.265 e. The maximum absolute atomic E-state index is 13.7. The van der Waals surface area contributed by atoms with Crippen LogP contribution in [0.1, 0.15) is 39.9 Å². The van der Waals surface area contributed by atoms with Crippen LogP contribution in [0.3, 0.4) is 0 Å². The molecule has 2 amide bonds. The summed E-state index contributed by atoms with van der Waals surface area (Å²) in [6.45, 7) is 4.13. The highest BCUT2D eigenvalue weighted by Crippen LogP contribution is 2.43. The van der Waals surface area contributed by atoms with E-state index in [0.29, 0.717) is 17.0 Å².